The number of benzene rings is 1. The summed E-state index contributed by atoms with van der Waals surface area (Å²) in [4.78, 5) is 18.9. The minimum atomic E-state index is -0.297. The molecule has 0 aliphatic heterocycles. The molecular formula is C16H22N2O2. The van der Waals surface area contributed by atoms with Crippen molar-refractivity contribution in [1.29, 1.82) is 0 Å². The van der Waals surface area contributed by atoms with E-state index in [0.717, 1.165) is 12.0 Å². The summed E-state index contributed by atoms with van der Waals surface area (Å²) in [5.41, 5.74) is 1.39. The lowest BCUT2D eigenvalue weighted by atomic mass is 10.1. The summed E-state index contributed by atoms with van der Waals surface area (Å²) in [6.45, 7) is 10.3. The second kappa shape index (κ2) is 5.65. The Morgan fingerprint density at radius 3 is 2.40 bits per heavy atom. The molecule has 0 bridgehead atoms. The second-order valence-electron chi connectivity index (χ2n) is 5.54. The van der Waals surface area contributed by atoms with Crippen LogP contribution < -0.4 is 10.5 Å². The average Bonchev–Trinajstić information content (AvgIpc) is 2.36. The van der Waals surface area contributed by atoms with Crippen molar-refractivity contribution < 1.29 is 4.42 Å². The molecular weight excluding hydrogens is 252 g/mol. The van der Waals surface area contributed by atoms with Gasteiger partial charge in [0.15, 0.2) is 0 Å². The van der Waals surface area contributed by atoms with E-state index in [1.807, 2.05) is 30.0 Å². The topological polar surface area (TPSA) is 46.3 Å². The minimum absolute atomic E-state index is 0.220. The molecule has 0 N–H and O–H groups in total. The maximum Gasteiger partial charge on any atom is 0.348 e. The fourth-order valence-electron chi connectivity index (χ4n) is 2.62. The normalized spacial score (nSPS) is 11.6. The highest BCUT2D eigenvalue weighted by Gasteiger charge is 2.20. The molecule has 0 radical (unpaired) electrons. The zero-order valence-electron chi connectivity index (χ0n) is 12.8. The van der Waals surface area contributed by atoms with E-state index in [-0.39, 0.29) is 17.7 Å². The molecule has 108 valence electrons. The maximum absolute atomic E-state index is 12.3. The van der Waals surface area contributed by atoms with E-state index >= 15 is 0 Å². The van der Waals surface area contributed by atoms with E-state index in [1.165, 1.54) is 0 Å². The van der Waals surface area contributed by atoms with Gasteiger partial charge in [-0.05, 0) is 45.7 Å². The Bertz CT molecular complexity index is 651. The third-order valence-electron chi connectivity index (χ3n) is 3.45. The first kappa shape index (κ1) is 14.6. The Hall–Kier alpha value is -1.84. The standard InChI is InChI=1S/C16H22N2O2/c1-6-12-8-7-9-13-14(12)15(19)20-16(17-13)18(10(2)3)11(4)5/h7-11H,6H2,1-5H3. The molecule has 2 rings (SSSR count). The van der Waals surface area contributed by atoms with Crippen LogP contribution in [0.5, 0.6) is 0 Å². The number of hydrogen-bond acceptors (Lipinski definition) is 4. The Morgan fingerprint density at radius 1 is 1.20 bits per heavy atom. The Kier molecular flexibility index (Phi) is 4.12. The molecule has 0 spiro atoms. The van der Waals surface area contributed by atoms with Gasteiger partial charge in [-0.3, -0.25) is 0 Å². The first-order chi connectivity index (χ1) is 9.45. The molecule has 1 aromatic carbocycles. The van der Waals surface area contributed by atoms with Crippen LogP contribution >= 0.6 is 0 Å². The lowest BCUT2D eigenvalue weighted by molar-refractivity contribution is 0.451. The molecule has 20 heavy (non-hydrogen) atoms. The van der Waals surface area contributed by atoms with Gasteiger partial charge in [-0.15, -0.1) is 0 Å². The molecule has 0 saturated heterocycles. The third-order valence-corrected chi connectivity index (χ3v) is 3.45. The van der Waals surface area contributed by atoms with Gasteiger partial charge in [-0.2, -0.15) is 4.98 Å². The SMILES string of the molecule is CCc1cccc2nc(N(C(C)C)C(C)C)oc(=O)c12. The van der Waals surface area contributed by atoms with Crippen molar-refractivity contribution in [2.75, 3.05) is 4.90 Å². The Labute approximate surface area is 119 Å². The van der Waals surface area contributed by atoms with Gasteiger partial charge in [0.2, 0.25) is 0 Å². The van der Waals surface area contributed by atoms with Crippen molar-refractivity contribution >= 4 is 16.9 Å². The van der Waals surface area contributed by atoms with E-state index in [9.17, 15) is 4.79 Å². The lowest BCUT2D eigenvalue weighted by Gasteiger charge is -2.29. The number of rotatable bonds is 4. The molecule has 1 aromatic heterocycles. The van der Waals surface area contributed by atoms with Crippen molar-refractivity contribution in [2.45, 2.75) is 53.1 Å². The zero-order chi connectivity index (χ0) is 14.9. The van der Waals surface area contributed by atoms with Gasteiger partial charge in [-0.25, -0.2) is 4.79 Å². The van der Waals surface area contributed by atoms with Crippen molar-refractivity contribution in [3.05, 3.63) is 34.2 Å². The summed E-state index contributed by atoms with van der Waals surface area (Å²) in [5, 5.41) is 0.603. The van der Waals surface area contributed by atoms with Gasteiger partial charge < -0.3 is 9.32 Å². The average molecular weight is 274 g/mol. The fraction of sp³-hybridized carbons (Fsp3) is 0.500. The smallest absolute Gasteiger partial charge is 0.348 e. The Balaban J connectivity index is 2.67. The third kappa shape index (κ3) is 2.55. The highest BCUT2D eigenvalue weighted by molar-refractivity contribution is 5.81. The van der Waals surface area contributed by atoms with Crippen LogP contribution in [0.15, 0.2) is 27.4 Å². The number of fused-ring (bicyclic) bond motifs is 1. The summed E-state index contributed by atoms with van der Waals surface area (Å²) in [6.07, 6.45) is 0.793. The van der Waals surface area contributed by atoms with Crippen LogP contribution in [-0.2, 0) is 6.42 Å². The molecule has 0 aliphatic carbocycles. The van der Waals surface area contributed by atoms with Gasteiger partial charge >= 0.3 is 11.6 Å². The van der Waals surface area contributed by atoms with E-state index in [2.05, 4.69) is 32.7 Å². The maximum atomic E-state index is 12.3. The second-order valence-corrected chi connectivity index (χ2v) is 5.54. The molecule has 2 aromatic rings. The molecule has 0 saturated carbocycles. The highest BCUT2D eigenvalue weighted by atomic mass is 16.4. The van der Waals surface area contributed by atoms with Crippen LogP contribution in [0.4, 0.5) is 6.01 Å². The monoisotopic (exact) mass is 274 g/mol. The van der Waals surface area contributed by atoms with E-state index in [4.69, 9.17) is 4.42 Å². The van der Waals surface area contributed by atoms with Gasteiger partial charge in [0, 0.05) is 12.1 Å². The fourth-order valence-corrected chi connectivity index (χ4v) is 2.62. The lowest BCUT2D eigenvalue weighted by Crippen LogP contribution is -2.38. The molecule has 0 fully saturated rings. The first-order valence-electron chi connectivity index (χ1n) is 7.16. The number of aromatic nitrogens is 1. The van der Waals surface area contributed by atoms with E-state index < -0.39 is 0 Å². The minimum Gasteiger partial charge on any atom is -0.388 e. The number of nitrogens with zero attached hydrogens (tertiary/aromatic N) is 2. The van der Waals surface area contributed by atoms with Crippen molar-refractivity contribution in [1.82, 2.24) is 4.98 Å². The number of anilines is 1. The summed E-state index contributed by atoms with van der Waals surface area (Å²) < 4.78 is 5.48. The largest absolute Gasteiger partial charge is 0.388 e. The van der Waals surface area contributed by atoms with Crippen LogP contribution in [0.25, 0.3) is 10.9 Å². The van der Waals surface area contributed by atoms with Crippen molar-refractivity contribution in [3.8, 4) is 0 Å². The number of aryl methyl sites for hydroxylation is 1. The van der Waals surface area contributed by atoms with Crippen molar-refractivity contribution in [3.63, 3.8) is 0 Å². The predicted molar refractivity (Wildman–Crippen MR) is 82.4 cm³/mol. The van der Waals surface area contributed by atoms with Gasteiger partial charge in [0.1, 0.15) is 0 Å². The van der Waals surface area contributed by atoms with Gasteiger partial charge in [-0.1, -0.05) is 19.1 Å². The molecule has 4 nitrogen and oxygen atoms in total. The predicted octanol–water partition coefficient (Wildman–Crippen LogP) is 3.37. The summed E-state index contributed by atoms with van der Waals surface area (Å²) in [6, 6.07) is 6.60. The summed E-state index contributed by atoms with van der Waals surface area (Å²) >= 11 is 0. The van der Waals surface area contributed by atoms with E-state index in [1.54, 1.807) is 0 Å². The molecule has 0 unspecified atom stereocenters. The number of hydrogen-bond donors (Lipinski definition) is 0. The van der Waals surface area contributed by atoms with Crippen LogP contribution in [0.2, 0.25) is 0 Å². The van der Waals surface area contributed by atoms with Crippen LogP contribution in [0, 0.1) is 0 Å². The van der Waals surface area contributed by atoms with Crippen molar-refractivity contribution in [2.24, 2.45) is 0 Å². The summed E-state index contributed by atoms with van der Waals surface area (Å²) in [7, 11) is 0. The molecule has 1 heterocycles. The molecule has 0 aliphatic rings. The molecule has 0 atom stereocenters. The van der Waals surface area contributed by atoms with Crippen LogP contribution in [-0.4, -0.2) is 17.1 Å². The molecule has 4 heteroatoms. The van der Waals surface area contributed by atoms with Gasteiger partial charge in [0.25, 0.3) is 0 Å². The highest BCUT2D eigenvalue weighted by Crippen LogP contribution is 2.21. The van der Waals surface area contributed by atoms with E-state index in [0.29, 0.717) is 16.9 Å². The summed E-state index contributed by atoms with van der Waals surface area (Å²) in [5.74, 6) is 0. The van der Waals surface area contributed by atoms with Gasteiger partial charge in [0.05, 0.1) is 10.9 Å². The Morgan fingerprint density at radius 2 is 1.85 bits per heavy atom. The quantitative estimate of drug-likeness (QED) is 0.857. The first-order valence-corrected chi connectivity index (χ1v) is 7.16. The zero-order valence-corrected chi connectivity index (χ0v) is 12.8. The van der Waals surface area contributed by atoms with Crippen LogP contribution in [0.1, 0.15) is 40.2 Å². The van der Waals surface area contributed by atoms with Crippen LogP contribution in [0.3, 0.4) is 0 Å². The molecule has 0 amide bonds.